The van der Waals surface area contributed by atoms with Gasteiger partial charge in [0, 0.05) is 13.3 Å². The van der Waals surface area contributed by atoms with Gasteiger partial charge < -0.3 is 0 Å². The lowest BCUT2D eigenvalue weighted by molar-refractivity contribution is 0.336. The van der Waals surface area contributed by atoms with E-state index in [1.54, 1.807) is 0 Å². The molecule has 0 aliphatic rings. The maximum atomic E-state index is 4.16. The van der Waals surface area contributed by atoms with E-state index in [-0.39, 0.29) is 0 Å². The van der Waals surface area contributed by atoms with Gasteiger partial charge in [0.05, 0.1) is 0 Å². The monoisotopic (exact) mass is 235 g/mol. The molecule has 0 fully saturated rings. The molecule has 0 radical (unpaired) electrons. The van der Waals surface area contributed by atoms with E-state index in [1.165, 1.54) is 23.1 Å². The van der Waals surface area contributed by atoms with Crippen molar-refractivity contribution in [3.63, 3.8) is 0 Å². The summed E-state index contributed by atoms with van der Waals surface area (Å²) in [6, 6.07) is 0. The standard InChI is InChI=1S/C16H29N/c1-12(2)14(4)15(11-17-8)9-13(3)10-16(5,6)7/h9,11,13H,10H2,1-8H3/b15-9+,17-11?. The lowest BCUT2D eigenvalue weighted by atomic mass is 9.84. The summed E-state index contributed by atoms with van der Waals surface area (Å²) >= 11 is 0. The minimum absolute atomic E-state index is 0.378. The first kappa shape index (κ1) is 16.1. The minimum Gasteiger partial charge on any atom is -0.296 e. The van der Waals surface area contributed by atoms with Crippen molar-refractivity contribution in [2.45, 2.75) is 54.9 Å². The molecule has 1 heteroatoms. The van der Waals surface area contributed by atoms with E-state index >= 15 is 0 Å². The maximum absolute atomic E-state index is 4.16. The summed E-state index contributed by atoms with van der Waals surface area (Å²) in [6.45, 7) is 15.6. The summed E-state index contributed by atoms with van der Waals surface area (Å²) in [5.74, 6) is 0.581. The predicted molar refractivity (Wildman–Crippen MR) is 79.8 cm³/mol. The van der Waals surface area contributed by atoms with E-state index in [0.29, 0.717) is 11.3 Å². The molecule has 0 spiro atoms. The quantitative estimate of drug-likeness (QED) is 0.478. The fourth-order valence-electron chi connectivity index (χ4n) is 2.02. The molecular weight excluding hydrogens is 206 g/mol. The van der Waals surface area contributed by atoms with Crippen molar-refractivity contribution in [1.82, 2.24) is 0 Å². The van der Waals surface area contributed by atoms with Crippen LogP contribution in [0.3, 0.4) is 0 Å². The summed E-state index contributed by atoms with van der Waals surface area (Å²) in [5, 5.41) is 0. The average molecular weight is 235 g/mol. The molecule has 0 aromatic heterocycles. The Kier molecular flexibility index (Phi) is 6.44. The number of hydrogen-bond donors (Lipinski definition) is 0. The average Bonchev–Trinajstić information content (AvgIpc) is 2.12. The molecule has 0 saturated carbocycles. The van der Waals surface area contributed by atoms with Crippen LogP contribution in [0.1, 0.15) is 54.9 Å². The van der Waals surface area contributed by atoms with Crippen molar-refractivity contribution in [2.24, 2.45) is 16.3 Å². The Morgan fingerprint density at radius 3 is 2.06 bits per heavy atom. The second kappa shape index (κ2) is 6.78. The molecule has 0 aromatic carbocycles. The van der Waals surface area contributed by atoms with Gasteiger partial charge in [0.2, 0.25) is 0 Å². The van der Waals surface area contributed by atoms with Crippen molar-refractivity contribution in [3.8, 4) is 0 Å². The van der Waals surface area contributed by atoms with Crippen LogP contribution < -0.4 is 0 Å². The van der Waals surface area contributed by atoms with E-state index in [0.717, 1.165) is 0 Å². The van der Waals surface area contributed by atoms with Gasteiger partial charge in [-0.05, 0) is 49.7 Å². The van der Waals surface area contributed by atoms with Crippen molar-refractivity contribution in [2.75, 3.05) is 7.05 Å². The number of nitrogens with zero attached hydrogens (tertiary/aromatic N) is 1. The largest absolute Gasteiger partial charge is 0.296 e. The molecule has 1 atom stereocenters. The fraction of sp³-hybridized carbons (Fsp3) is 0.688. The first-order valence-electron chi connectivity index (χ1n) is 6.46. The molecule has 17 heavy (non-hydrogen) atoms. The van der Waals surface area contributed by atoms with Gasteiger partial charge in [-0.3, -0.25) is 4.99 Å². The number of aliphatic imine (C=N–C) groups is 1. The molecule has 1 unspecified atom stereocenters. The molecular formula is C16H29N. The lowest BCUT2D eigenvalue weighted by Gasteiger charge is -2.22. The third kappa shape index (κ3) is 7.14. The van der Waals surface area contributed by atoms with Crippen LogP contribution in [0.25, 0.3) is 0 Å². The van der Waals surface area contributed by atoms with Gasteiger partial charge >= 0.3 is 0 Å². The summed E-state index contributed by atoms with van der Waals surface area (Å²) in [6.07, 6.45) is 5.52. The zero-order valence-electron chi connectivity index (χ0n) is 12.9. The molecule has 0 aliphatic carbocycles. The van der Waals surface area contributed by atoms with Gasteiger partial charge in [0.25, 0.3) is 0 Å². The van der Waals surface area contributed by atoms with Gasteiger partial charge in [-0.25, -0.2) is 0 Å². The Morgan fingerprint density at radius 1 is 1.18 bits per heavy atom. The molecule has 98 valence electrons. The molecule has 1 nitrogen and oxygen atoms in total. The molecule has 0 amide bonds. The van der Waals surface area contributed by atoms with Gasteiger partial charge in [-0.15, -0.1) is 0 Å². The lowest BCUT2D eigenvalue weighted by Crippen LogP contribution is -2.10. The Labute approximate surface area is 108 Å². The van der Waals surface area contributed by atoms with E-state index < -0.39 is 0 Å². The second-order valence-corrected chi connectivity index (χ2v) is 6.38. The second-order valence-electron chi connectivity index (χ2n) is 6.38. The summed E-state index contributed by atoms with van der Waals surface area (Å²) < 4.78 is 0. The smallest absolute Gasteiger partial charge is 0.0280 e. The van der Waals surface area contributed by atoms with Crippen LogP contribution in [0, 0.1) is 11.3 Å². The van der Waals surface area contributed by atoms with Crippen LogP contribution in [-0.4, -0.2) is 13.3 Å². The fourth-order valence-corrected chi connectivity index (χ4v) is 2.02. The molecule has 0 heterocycles. The number of allylic oxidation sites excluding steroid dienone is 4. The molecule has 0 N–H and O–H groups in total. The van der Waals surface area contributed by atoms with E-state index in [1.807, 2.05) is 13.3 Å². The van der Waals surface area contributed by atoms with Gasteiger partial charge in [0.15, 0.2) is 0 Å². The van der Waals surface area contributed by atoms with Crippen LogP contribution in [0.5, 0.6) is 0 Å². The van der Waals surface area contributed by atoms with Gasteiger partial charge in [-0.1, -0.05) is 39.3 Å². The van der Waals surface area contributed by atoms with Crippen LogP contribution in [0.15, 0.2) is 27.8 Å². The van der Waals surface area contributed by atoms with Crippen molar-refractivity contribution >= 4 is 6.21 Å². The number of hydrogen-bond acceptors (Lipinski definition) is 1. The van der Waals surface area contributed by atoms with Crippen molar-refractivity contribution in [3.05, 3.63) is 22.8 Å². The van der Waals surface area contributed by atoms with Crippen molar-refractivity contribution < 1.29 is 0 Å². The van der Waals surface area contributed by atoms with E-state index in [2.05, 4.69) is 59.5 Å². The van der Waals surface area contributed by atoms with Gasteiger partial charge in [-0.2, -0.15) is 0 Å². The molecule has 0 aromatic rings. The first-order valence-corrected chi connectivity index (χ1v) is 6.46. The Balaban J connectivity index is 5.02. The summed E-state index contributed by atoms with van der Waals surface area (Å²) in [4.78, 5) is 4.16. The maximum Gasteiger partial charge on any atom is 0.0280 e. The first-order chi connectivity index (χ1) is 7.67. The minimum atomic E-state index is 0.378. The Morgan fingerprint density at radius 2 is 1.71 bits per heavy atom. The van der Waals surface area contributed by atoms with Crippen molar-refractivity contribution in [1.29, 1.82) is 0 Å². The van der Waals surface area contributed by atoms with Crippen LogP contribution in [0.4, 0.5) is 0 Å². The Hall–Kier alpha value is -0.850. The molecule has 0 aliphatic heterocycles. The van der Waals surface area contributed by atoms with Crippen LogP contribution in [-0.2, 0) is 0 Å². The topological polar surface area (TPSA) is 12.4 Å². The van der Waals surface area contributed by atoms with Gasteiger partial charge in [0.1, 0.15) is 0 Å². The molecule has 0 saturated heterocycles. The van der Waals surface area contributed by atoms with Crippen LogP contribution >= 0.6 is 0 Å². The normalized spacial score (nSPS) is 15.2. The van der Waals surface area contributed by atoms with E-state index in [9.17, 15) is 0 Å². The number of rotatable bonds is 4. The highest BCUT2D eigenvalue weighted by Gasteiger charge is 2.14. The summed E-state index contributed by atoms with van der Waals surface area (Å²) in [7, 11) is 1.83. The SMILES string of the molecule is CN=C/C(=C\C(C)CC(C)(C)C)C(C)=C(C)C. The summed E-state index contributed by atoms with van der Waals surface area (Å²) in [5.41, 5.74) is 4.35. The van der Waals surface area contributed by atoms with Crippen LogP contribution in [0.2, 0.25) is 0 Å². The zero-order chi connectivity index (χ0) is 13.6. The third-order valence-electron chi connectivity index (χ3n) is 2.85. The Bertz CT molecular complexity index is 320. The zero-order valence-corrected chi connectivity index (χ0v) is 12.9. The highest BCUT2D eigenvalue weighted by molar-refractivity contribution is 5.84. The molecule has 0 rings (SSSR count). The highest BCUT2D eigenvalue weighted by Crippen LogP contribution is 2.26. The third-order valence-corrected chi connectivity index (χ3v) is 2.85. The predicted octanol–water partition coefficient (Wildman–Crippen LogP) is 5.04. The highest BCUT2D eigenvalue weighted by atomic mass is 14.6. The van der Waals surface area contributed by atoms with E-state index in [4.69, 9.17) is 0 Å². The molecule has 0 bridgehead atoms.